The second-order valence-corrected chi connectivity index (χ2v) is 7.67. The number of halogens is 1. The normalized spacial score (nSPS) is 13.6. The summed E-state index contributed by atoms with van der Waals surface area (Å²) < 4.78 is 10.7. The molecule has 32 heavy (non-hydrogen) atoms. The van der Waals surface area contributed by atoms with E-state index >= 15 is 0 Å². The first-order chi connectivity index (χ1) is 15.4. The number of aryl methyl sites for hydroxylation is 1. The molecule has 3 aromatic carbocycles. The van der Waals surface area contributed by atoms with Crippen molar-refractivity contribution in [3.63, 3.8) is 0 Å². The lowest BCUT2D eigenvalue weighted by Gasteiger charge is -2.17. The van der Waals surface area contributed by atoms with Gasteiger partial charge in [-0.3, -0.25) is 9.59 Å². The van der Waals surface area contributed by atoms with Crippen LogP contribution in [-0.4, -0.2) is 26.0 Å². The van der Waals surface area contributed by atoms with Crippen LogP contribution in [0.3, 0.4) is 0 Å². The minimum Gasteiger partial charge on any atom is -0.497 e. The van der Waals surface area contributed by atoms with Crippen molar-refractivity contribution in [2.45, 2.75) is 6.92 Å². The van der Waals surface area contributed by atoms with E-state index in [2.05, 4.69) is 5.32 Å². The monoisotopic (exact) mass is 448 g/mol. The molecule has 0 bridgehead atoms. The molecule has 0 saturated heterocycles. The Morgan fingerprint density at radius 2 is 1.62 bits per heavy atom. The molecule has 0 unspecified atom stereocenters. The quantitative estimate of drug-likeness (QED) is 0.534. The van der Waals surface area contributed by atoms with Crippen molar-refractivity contribution in [3.8, 4) is 11.5 Å². The number of anilines is 2. The van der Waals surface area contributed by atoms with Crippen LogP contribution in [0.1, 0.15) is 11.1 Å². The third kappa shape index (κ3) is 3.92. The zero-order chi connectivity index (χ0) is 22.8. The average molecular weight is 449 g/mol. The van der Waals surface area contributed by atoms with Gasteiger partial charge in [0.2, 0.25) is 0 Å². The van der Waals surface area contributed by atoms with Crippen molar-refractivity contribution in [2.75, 3.05) is 24.4 Å². The van der Waals surface area contributed by atoms with E-state index < -0.39 is 11.8 Å². The molecule has 4 rings (SSSR count). The fourth-order valence-electron chi connectivity index (χ4n) is 3.57. The van der Waals surface area contributed by atoms with Crippen LogP contribution in [0.5, 0.6) is 11.5 Å². The van der Waals surface area contributed by atoms with Crippen molar-refractivity contribution < 1.29 is 19.1 Å². The fraction of sp³-hybridized carbons (Fsp3) is 0.120. The Morgan fingerprint density at radius 1 is 0.875 bits per heavy atom. The number of ether oxygens (including phenoxy) is 2. The maximum atomic E-state index is 13.5. The van der Waals surface area contributed by atoms with Gasteiger partial charge in [-0.2, -0.15) is 0 Å². The van der Waals surface area contributed by atoms with Gasteiger partial charge in [0.15, 0.2) is 0 Å². The summed E-state index contributed by atoms with van der Waals surface area (Å²) in [5.41, 5.74) is 2.96. The molecule has 0 aliphatic carbocycles. The molecular weight excluding hydrogens is 428 g/mol. The summed E-state index contributed by atoms with van der Waals surface area (Å²) >= 11 is 6.04. The van der Waals surface area contributed by atoms with Crippen LogP contribution in [-0.2, 0) is 9.59 Å². The summed E-state index contributed by atoms with van der Waals surface area (Å²) in [6, 6.07) is 19.2. The van der Waals surface area contributed by atoms with Crippen molar-refractivity contribution in [3.05, 3.63) is 88.6 Å². The molecule has 1 aliphatic rings. The van der Waals surface area contributed by atoms with Gasteiger partial charge in [0, 0.05) is 11.1 Å². The lowest BCUT2D eigenvalue weighted by Crippen LogP contribution is -2.32. The van der Waals surface area contributed by atoms with Gasteiger partial charge in [0.05, 0.1) is 31.2 Å². The molecule has 0 atom stereocenters. The Morgan fingerprint density at radius 3 is 2.31 bits per heavy atom. The Balaban J connectivity index is 1.85. The number of nitrogens with one attached hydrogen (secondary N) is 1. The number of hydrogen-bond acceptors (Lipinski definition) is 5. The van der Waals surface area contributed by atoms with Crippen molar-refractivity contribution in [1.82, 2.24) is 0 Å². The van der Waals surface area contributed by atoms with E-state index in [4.69, 9.17) is 21.1 Å². The second-order valence-electron chi connectivity index (χ2n) is 7.23. The number of nitrogens with zero attached hydrogens (tertiary/aromatic N) is 1. The first-order valence-corrected chi connectivity index (χ1v) is 10.3. The zero-order valence-electron chi connectivity index (χ0n) is 17.8. The van der Waals surface area contributed by atoms with Gasteiger partial charge in [-0.25, -0.2) is 4.90 Å². The molecule has 0 radical (unpaired) electrons. The van der Waals surface area contributed by atoms with Crippen LogP contribution in [0.2, 0.25) is 5.02 Å². The summed E-state index contributed by atoms with van der Waals surface area (Å²) in [7, 11) is 3.08. The SMILES string of the molecule is COc1cccc(N2C(=O)C(Nc3cc(C)ccc3OC)=C(c3ccc(Cl)cc3)C2=O)c1. The number of rotatable bonds is 6. The van der Waals surface area contributed by atoms with E-state index in [1.807, 2.05) is 19.1 Å². The maximum absolute atomic E-state index is 13.5. The highest BCUT2D eigenvalue weighted by molar-refractivity contribution is 6.46. The number of hydrogen-bond donors (Lipinski definition) is 1. The minimum absolute atomic E-state index is 0.157. The van der Waals surface area contributed by atoms with Gasteiger partial charge in [-0.1, -0.05) is 35.9 Å². The molecular formula is C25H21ClN2O4. The van der Waals surface area contributed by atoms with E-state index in [1.165, 1.54) is 7.11 Å². The highest BCUT2D eigenvalue weighted by Gasteiger charge is 2.40. The lowest BCUT2D eigenvalue weighted by atomic mass is 10.0. The molecule has 0 fully saturated rings. The van der Waals surface area contributed by atoms with Crippen molar-refractivity contribution in [2.24, 2.45) is 0 Å². The number of carbonyl (C=O) groups excluding carboxylic acids is 2. The Bertz CT molecular complexity index is 1230. The average Bonchev–Trinajstić information content (AvgIpc) is 3.04. The smallest absolute Gasteiger partial charge is 0.282 e. The largest absolute Gasteiger partial charge is 0.497 e. The van der Waals surface area contributed by atoms with Gasteiger partial charge < -0.3 is 14.8 Å². The van der Waals surface area contributed by atoms with Crippen LogP contribution < -0.4 is 19.7 Å². The predicted molar refractivity (Wildman–Crippen MR) is 125 cm³/mol. The van der Waals surface area contributed by atoms with E-state index in [0.29, 0.717) is 33.5 Å². The molecule has 0 aromatic heterocycles. The van der Waals surface area contributed by atoms with E-state index in [-0.39, 0.29) is 11.3 Å². The van der Waals surface area contributed by atoms with Crippen LogP contribution >= 0.6 is 11.6 Å². The van der Waals surface area contributed by atoms with Crippen LogP contribution in [0.15, 0.2) is 72.4 Å². The predicted octanol–water partition coefficient (Wildman–Crippen LogP) is 5.06. The van der Waals surface area contributed by atoms with Gasteiger partial charge in [0.1, 0.15) is 17.2 Å². The zero-order valence-corrected chi connectivity index (χ0v) is 18.6. The minimum atomic E-state index is -0.475. The summed E-state index contributed by atoms with van der Waals surface area (Å²) in [6.07, 6.45) is 0. The number of amides is 2. The Hall–Kier alpha value is -3.77. The van der Waals surface area contributed by atoms with Crippen LogP contribution in [0, 0.1) is 6.92 Å². The Kier molecular flexibility index (Phi) is 5.88. The summed E-state index contributed by atoms with van der Waals surface area (Å²) in [6.45, 7) is 1.93. The van der Waals surface area contributed by atoms with Crippen molar-refractivity contribution >= 4 is 40.4 Å². The number of benzene rings is 3. The van der Waals surface area contributed by atoms with E-state index in [9.17, 15) is 9.59 Å². The second kappa shape index (κ2) is 8.77. The summed E-state index contributed by atoms with van der Waals surface area (Å²) in [5, 5.41) is 3.68. The molecule has 7 heteroatoms. The van der Waals surface area contributed by atoms with Gasteiger partial charge in [0.25, 0.3) is 11.8 Å². The number of carbonyl (C=O) groups is 2. The molecule has 1 heterocycles. The van der Waals surface area contributed by atoms with Crippen molar-refractivity contribution in [1.29, 1.82) is 0 Å². The molecule has 162 valence electrons. The first kappa shape index (κ1) is 21.5. The number of methoxy groups -OCH3 is 2. The van der Waals surface area contributed by atoms with E-state index in [0.717, 1.165) is 10.5 Å². The third-order valence-corrected chi connectivity index (χ3v) is 5.39. The standard InChI is InChI=1S/C25H21ClN2O4/c1-15-7-12-21(32-3)20(13-15)27-23-22(16-8-10-17(26)11-9-16)24(29)28(25(23)30)18-5-4-6-19(14-18)31-2/h4-14,27H,1-3H3. The summed E-state index contributed by atoms with van der Waals surface area (Å²) in [4.78, 5) is 28.2. The highest BCUT2D eigenvalue weighted by atomic mass is 35.5. The molecule has 2 amide bonds. The van der Waals surface area contributed by atoms with Gasteiger partial charge in [-0.15, -0.1) is 0 Å². The first-order valence-electron chi connectivity index (χ1n) is 9.87. The Labute approximate surface area is 191 Å². The maximum Gasteiger partial charge on any atom is 0.282 e. The van der Waals surface area contributed by atoms with Gasteiger partial charge in [-0.05, 0) is 54.4 Å². The molecule has 6 nitrogen and oxygen atoms in total. The third-order valence-electron chi connectivity index (χ3n) is 5.14. The molecule has 3 aromatic rings. The van der Waals surface area contributed by atoms with Crippen LogP contribution in [0.25, 0.3) is 5.57 Å². The molecule has 0 saturated carbocycles. The molecule has 1 aliphatic heterocycles. The highest BCUT2D eigenvalue weighted by Crippen LogP contribution is 2.37. The summed E-state index contributed by atoms with van der Waals surface area (Å²) in [5.74, 6) is 0.174. The van der Waals surface area contributed by atoms with Crippen LogP contribution in [0.4, 0.5) is 11.4 Å². The fourth-order valence-corrected chi connectivity index (χ4v) is 3.69. The lowest BCUT2D eigenvalue weighted by molar-refractivity contribution is -0.120. The molecule has 0 spiro atoms. The molecule has 1 N–H and O–H groups in total. The van der Waals surface area contributed by atoms with Gasteiger partial charge >= 0.3 is 0 Å². The number of imide groups is 1. The topological polar surface area (TPSA) is 67.9 Å². The van der Waals surface area contributed by atoms with E-state index in [1.54, 1.807) is 61.7 Å².